The highest BCUT2D eigenvalue weighted by atomic mass is 14.7. The zero-order chi connectivity index (χ0) is 19.5. The van der Waals surface area contributed by atoms with Crippen molar-refractivity contribution in [2.24, 2.45) is 11.8 Å². The number of hydrogen-bond acceptors (Lipinski definition) is 3. The second-order valence-corrected chi connectivity index (χ2v) is 7.63. The average molecular weight is 365 g/mol. The third-order valence-electron chi connectivity index (χ3n) is 5.93. The Morgan fingerprint density at radius 3 is 2.71 bits per heavy atom. The van der Waals surface area contributed by atoms with Gasteiger partial charge in [0.25, 0.3) is 0 Å². The topological polar surface area (TPSA) is 49.6 Å². The van der Waals surface area contributed by atoms with E-state index in [-0.39, 0.29) is 0 Å². The summed E-state index contributed by atoms with van der Waals surface area (Å²) in [4.78, 5) is 8.91. The second kappa shape index (κ2) is 7.78. The Morgan fingerprint density at radius 2 is 1.93 bits per heavy atom. The van der Waals surface area contributed by atoms with E-state index >= 15 is 0 Å². The molecular formula is C25H23N3. The monoisotopic (exact) mass is 365 g/mol. The SMILES string of the molecule is C[C@H]1[C@H](/C=C/c2ccc(-c3ccccc3C#N)cn2)c2ccncc2C[C@@H]1C. The minimum atomic E-state index is 0.377. The summed E-state index contributed by atoms with van der Waals surface area (Å²) >= 11 is 0. The Morgan fingerprint density at radius 1 is 1.07 bits per heavy atom. The molecule has 138 valence electrons. The lowest BCUT2D eigenvalue weighted by molar-refractivity contribution is 0.331. The molecular weight excluding hydrogens is 342 g/mol. The number of hydrogen-bond donors (Lipinski definition) is 0. The normalized spacial score (nSPS) is 21.2. The van der Waals surface area contributed by atoms with Gasteiger partial charge in [-0.05, 0) is 53.7 Å². The molecule has 0 aliphatic heterocycles. The number of benzene rings is 1. The number of pyridine rings is 2. The smallest absolute Gasteiger partial charge is 0.0998 e. The van der Waals surface area contributed by atoms with Gasteiger partial charge in [-0.3, -0.25) is 9.97 Å². The molecule has 3 heteroatoms. The average Bonchev–Trinajstić information content (AvgIpc) is 2.74. The maximum atomic E-state index is 9.30. The van der Waals surface area contributed by atoms with Crippen molar-refractivity contribution in [3.05, 3.63) is 89.5 Å². The van der Waals surface area contributed by atoms with Crippen LogP contribution in [0.5, 0.6) is 0 Å². The minimum Gasteiger partial charge on any atom is -0.264 e. The van der Waals surface area contributed by atoms with E-state index in [0.29, 0.717) is 23.3 Å². The van der Waals surface area contributed by atoms with E-state index in [9.17, 15) is 5.26 Å². The number of rotatable bonds is 3. The lowest BCUT2D eigenvalue weighted by Crippen LogP contribution is -2.25. The molecule has 1 aliphatic rings. The lowest BCUT2D eigenvalue weighted by Gasteiger charge is -2.34. The lowest BCUT2D eigenvalue weighted by atomic mass is 9.71. The summed E-state index contributed by atoms with van der Waals surface area (Å²) in [7, 11) is 0. The molecule has 3 aromatic rings. The van der Waals surface area contributed by atoms with E-state index < -0.39 is 0 Å². The van der Waals surface area contributed by atoms with Gasteiger partial charge in [0.1, 0.15) is 0 Å². The number of nitrogens with zero attached hydrogens (tertiary/aromatic N) is 3. The van der Waals surface area contributed by atoms with E-state index in [2.05, 4.69) is 48.1 Å². The molecule has 0 N–H and O–H groups in total. The van der Waals surface area contributed by atoms with Crippen LogP contribution in [0.3, 0.4) is 0 Å². The van der Waals surface area contributed by atoms with Gasteiger partial charge in [-0.25, -0.2) is 0 Å². The maximum absolute atomic E-state index is 9.30. The Hall–Kier alpha value is -3.25. The summed E-state index contributed by atoms with van der Waals surface area (Å²) < 4.78 is 0. The number of nitriles is 1. The van der Waals surface area contributed by atoms with Crippen LogP contribution in [0.15, 0.2) is 67.1 Å². The fraction of sp³-hybridized carbons (Fsp3) is 0.240. The third-order valence-corrected chi connectivity index (χ3v) is 5.93. The van der Waals surface area contributed by atoms with Gasteiger partial charge in [0.15, 0.2) is 0 Å². The van der Waals surface area contributed by atoms with Gasteiger partial charge in [-0.1, -0.05) is 44.2 Å². The van der Waals surface area contributed by atoms with E-state index in [0.717, 1.165) is 23.2 Å². The van der Waals surface area contributed by atoms with Crippen molar-refractivity contribution in [3.8, 4) is 17.2 Å². The molecule has 0 saturated carbocycles. The third kappa shape index (κ3) is 3.46. The molecule has 0 radical (unpaired) electrons. The van der Waals surface area contributed by atoms with Gasteiger partial charge >= 0.3 is 0 Å². The molecule has 0 bridgehead atoms. The first-order valence-corrected chi connectivity index (χ1v) is 9.74. The first-order valence-electron chi connectivity index (χ1n) is 9.74. The minimum absolute atomic E-state index is 0.377. The van der Waals surface area contributed by atoms with Gasteiger partial charge in [0.05, 0.1) is 17.3 Å². The number of aromatic nitrogens is 2. The molecule has 3 nitrogen and oxygen atoms in total. The van der Waals surface area contributed by atoms with Crippen LogP contribution in [-0.4, -0.2) is 9.97 Å². The molecule has 0 spiro atoms. The Bertz CT molecular complexity index is 1040. The van der Waals surface area contributed by atoms with Gasteiger partial charge in [-0.15, -0.1) is 0 Å². The fourth-order valence-corrected chi connectivity index (χ4v) is 4.08. The van der Waals surface area contributed by atoms with Gasteiger partial charge in [0.2, 0.25) is 0 Å². The van der Waals surface area contributed by atoms with Crippen molar-refractivity contribution >= 4 is 6.08 Å². The first kappa shape index (κ1) is 18.1. The first-order chi connectivity index (χ1) is 13.7. The Labute approximate surface area is 166 Å². The highest BCUT2D eigenvalue weighted by Gasteiger charge is 2.29. The van der Waals surface area contributed by atoms with E-state index in [1.807, 2.05) is 55.0 Å². The maximum Gasteiger partial charge on any atom is 0.0998 e. The summed E-state index contributed by atoms with van der Waals surface area (Å²) in [6.45, 7) is 4.65. The summed E-state index contributed by atoms with van der Waals surface area (Å²) in [5, 5.41) is 9.30. The molecule has 0 amide bonds. The molecule has 0 saturated heterocycles. The van der Waals surface area contributed by atoms with E-state index in [4.69, 9.17) is 0 Å². The summed E-state index contributed by atoms with van der Waals surface area (Å²) in [5.41, 5.74) is 6.23. The summed E-state index contributed by atoms with van der Waals surface area (Å²) in [6, 6.07) is 16.1. The van der Waals surface area contributed by atoms with Gasteiger partial charge in [0, 0.05) is 35.6 Å². The van der Waals surface area contributed by atoms with Crippen LogP contribution in [0.25, 0.3) is 17.2 Å². The molecule has 0 fully saturated rings. The molecule has 2 heterocycles. The molecule has 2 aromatic heterocycles. The van der Waals surface area contributed by atoms with Crippen molar-refractivity contribution in [1.82, 2.24) is 9.97 Å². The van der Waals surface area contributed by atoms with Gasteiger partial charge in [-0.2, -0.15) is 5.26 Å². The highest BCUT2D eigenvalue weighted by molar-refractivity contribution is 5.70. The van der Waals surface area contributed by atoms with Crippen LogP contribution in [0.2, 0.25) is 0 Å². The Kier molecular flexibility index (Phi) is 5.04. The molecule has 3 atom stereocenters. The van der Waals surface area contributed by atoms with Crippen LogP contribution in [0, 0.1) is 23.2 Å². The van der Waals surface area contributed by atoms with Crippen LogP contribution in [-0.2, 0) is 6.42 Å². The molecule has 0 unspecified atom stereocenters. The summed E-state index contributed by atoms with van der Waals surface area (Å²) in [6.07, 6.45) is 11.2. The predicted molar refractivity (Wildman–Crippen MR) is 112 cm³/mol. The quantitative estimate of drug-likeness (QED) is 0.603. The molecule has 1 aliphatic carbocycles. The van der Waals surface area contributed by atoms with Crippen molar-refractivity contribution in [2.75, 3.05) is 0 Å². The molecule has 4 rings (SSSR count). The van der Waals surface area contributed by atoms with Crippen molar-refractivity contribution < 1.29 is 0 Å². The second-order valence-electron chi connectivity index (χ2n) is 7.63. The zero-order valence-electron chi connectivity index (χ0n) is 16.2. The zero-order valence-corrected chi connectivity index (χ0v) is 16.2. The van der Waals surface area contributed by atoms with Crippen molar-refractivity contribution in [3.63, 3.8) is 0 Å². The van der Waals surface area contributed by atoms with Crippen LogP contribution < -0.4 is 0 Å². The van der Waals surface area contributed by atoms with Crippen LogP contribution in [0.4, 0.5) is 0 Å². The van der Waals surface area contributed by atoms with Crippen molar-refractivity contribution in [1.29, 1.82) is 5.26 Å². The van der Waals surface area contributed by atoms with E-state index in [1.165, 1.54) is 11.1 Å². The van der Waals surface area contributed by atoms with Gasteiger partial charge < -0.3 is 0 Å². The van der Waals surface area contributed by atoms with E-state index in [1.54, 1.807) is 0 Å². The number of allylic oxidation sites excluding steroid dienone is 1. The number of fused-ring (bicyclic) bond motifs is 1. The predicted octanol–water partition coefficient (Wildman–Crippen LogP) is 5.64. The largest absolute Gasteiger partial charge is 0.264 e. The molecule has 1 aromatic carbocycles. The van der Waals surface area contributed by atoms with Crippen LogP contribution >= 0.6 is 0 Å². The highest BCUT2D eigenvalue weighted by Crippen LogP contribution is 2.40. The fourth-order valence-electron chi connectivity index (χ4n) is 4.08. The standard InChI is InChI=1S/C25H23N3/c1-17-13-21-15-27-12-11-25(21)23(18(17)2)10-9-22-8-7-20(16-28-22)24-6-4-3-5-19(24)14-26/h3-12,15-18,23H,13H2,1-2H3/b10-9+/t17-,18+,23-/m0/s1. The Balaban J connectivity index is 1.60. The van der Waals surface area contributed by atoms with Crippen LogP contribution in [0.1, 0.15) is 42.1 Å². The summed E-state index contributed by atoms with van der Waals surface area (Å²) in [5.74, 6) is 1.58. The molecule has 28 heavy (non-hydrogen) atoms. The van der Waals surface area contributed by atoms with Crippen molar-refractivity contribution in [2.45, 2.75) is 26.2 Å².